The lowest BCUT2D eigenvalue weighted by atomic mass is 10.3. The topological polar surface area (TPSA) is 42.4 Å². The van der Waals surface area contributed by atoms with E-state index in [1.54, 1.807) is 37.4 Å². The van der Waals surface area contributed by atoms with Crippen molar-refractivity contribution in [3.63, 3.8) is 0 Å². The number of para-hydroxylation sites is 1. The van der Waals surface area contributed by atoms with Crippen molar-refractivity contribution in [2.75, 3.05) is 20.2 Å². The molecule has 110 valence electrons. The molecule has 21 heavy (non-hydrogen) atoms. The van der Waals surface area contributed by atoms with Gasteiger partial charge in [0.25, 0.3) is 5.91 Å². The first kappa shape index (κ1) is 15.0. The fraction of sp³-hybridized carbons (Fsp3) is 0.250. The number of hydrogen-bond donors (Lipinski definition) is 0. The van der Waals surface area contributed by atoms with Crippen LogP contribution in [-0.2, 0) is 0 Å². The second-order valence-corrected chi connectivity index (χ2v) is 4.67. The van der Waals surface area contributed by atoms with Crippen molar-refractivity contribution in [2.24, 2.45) is 0 Å². The highest BCUT2D eigenvalue weighted by Crippen LogP contribution is 2.15. The van der Waals surface area contributed by atoms with Gasteiger partial charge in [0.1, 0.15) is 12.3 Å². The molecule has 0 bridgehead atoms. The van der Waals surface area contributed by atoms with Gasteiger partial charge >= 0.3 is 0 Å². The van der Waals surface area contributed by atoms with Gasteiger partial charge in [0.2, 0.25) is 0 Å². The predicted octanol–water partition coefficient (Wildman–Crippen LogP) is 2.68. The summed E-state index contributed by atoms with van der Waals surface area (Å²) in [5, 5.41) is 0. The van der Waals surface area contributed by atoms with Crippen molar-refractivity contribution in [1.82, 2.24) is 9.88 Å². The summed E-state index contributed by atoms with van der Waals surface area (Å²) in [6.45, 7) is 2.40. The first-order chi connectivity index (χ1) is 10.1. The van der Waals surface area contributed by atoms with E-state index in [2.05, 4.69) is 4.98 Å². The van der Waals surface area contributed by atoms with Gasteiger partial charge in [-0.1, -0.05) is 18.2 Å². The maximum atomic E-state index is 13.4. The van der Waals surface area contributed by atoms with E-state index in [-0.39, 0.29) is 18.3 Å². The SMILES string of the molecule is Cc1cccc(C(=O)N(C)CCOc2ccccc2F)n1. The highest BCUT2D eigenvalue weighted by molar-refractivity contribution is 5.92. The molecule has 0 aliphatic carbocycles. The molecule has 0 saturated carbocycles. The smallest absolute Gasteiger partial charge is 0.272 e. The first-order valence-corrected chi connectivity index (χ1v) is 6.64. The van der Waals surface area contributed by atoms with Crippen LogP contribution in [0.1, 0.15) is 16.2 Å². The van der Waals surface area contributed by atoms with Gasteiger partial charge in [-0.2, -0.15) is 0 Å². The molecule has 0 spiro atoms. The van der Waals surface area contributed by atoms with Crippen LogP contribution < -0.4 is 4.74 Å². The Bertz CT molecular complexity index is 631. The monoisotopic (exact) mass is 288 g/mol. The second kappa shape index (κ2) is 6.83. The number of rotatable bonds is 5. The second-order valence-electron chi connectivity index (χ2n) is 4.67. The molecule has 2 aromatic rings. The zero-order chi connectivity index (χ0) is 15.2. The number of amides is 1. The van der Waals surface area contributed by atoms with E-state index in [9.17, 15) is 9.18 Å². The Hall–Kier alpha value is -2.43. The summed E-state index contributed by atoms with van der Waals surface area (Å²) in [6.07, 6.45) is 0. The minimum absolute atomic E-state index is 0.184. The number of aromatic nitrogens is 1. The van der Waals surface area contributed by atoms with Crippen molar-refractivity contribution in [3.05, 3.63) is 59.7 Å². The summed E-state index contributed by atoms with van der Waals surface area (Å²) < 4.78 is 18.7. The molecule has 0 N–H and O–H groups in total. The van der Waals surface area contributed by atoms with Gasteiger partial charge in [-0.25, -0.2) is 9.37 Å². The van der Waals surface area contributed by atoms with Gasteiger partial charge in [-0.3, -0.25) is 4.79 Å². The van der Waals surface area contributed by atoms with Crippen molar-refractivity contribution >= 4 is 5.91 Å². The number of carbonyl (C=O) groups is 1. The molecule has 0 fully saturated rings. The van der Waals surface area contributed by atoms with Crippen molar-refractivity contribution in [2.45, 2.75) is 6.92 Å². The largest absolute Gasteiger partial charge is 0.489 e. The molecule has 0 radical (unpaired) electrons. The van der Waals surface area contributed by atoms with Gasteiger partial charge in [0.15, 0.2) is 11.6 Å². The van der Waals surface area contributed by atoms with Crippen LogP contribution in [0.15, 0.2) is 42.5 Å². The number of likely N-dealkylation sites (N-methyl/N-ethyl adjacent to an activating group) is 1. The van der Waals surface area contributed by atoms with Crippen LogP contribution in [-0.4, -0.2) is 36.0 Å². The Labute approximate surface area is 123 Å². The fourth-order valence-electron chi connectivity index (χ4n) is 1.81. The minimum Gasteiger partial charge on any atom is -0.489 e. The van der Waals surface area contributed by atoms with Crippen LogP contribution in [0.5, 0.6) is 5.75 Å². The highest BCUT2D eigenvalue weighted by atomic mass is 19.1. The molecule has 5 heteroatoms. The van der Waals surface area contributed by atoms with Crippen molar-refractivity contribution in [3.8, 4) is 5.75 Å². The third-order valence-electron chi connectivity index (χ3n) is 2.98. The summed E-state index contributed by atoms with van der Waals surface area (Å²) in [5.74, 6) is -0.408. The Morgan fingerprint density at radius 3 is 2.71 bits per heavy atom. The number of pyridine rings is 1. The van der Waals surface area contributed by atoms with E-state index in [0.29, 0.717) is 12.2 Å². The first-order valence-electron chi connectivity index (χ1n) is 6.64. The molecule has 0 aliphatic heterocycles. The molecule has 1 amide bonds. The molecule has 2 rings (SSSR count). The highest BCUT2D eigenvalue weighted by Gasteiger charge is 2.13. The Morgan fingerprint density at radius 1 is 1.24 bits per heavy atom. The number of carbonyl (C=O) groups excluding carboxylic acids is 1. The van der Waals surface area contributed by atoms with E-state index >= 15 is 0 Å². The minimum atomic E-state index is -0.410. The van der Waals surface area contributed by atoms with Gasteiger partial charge < -0.3 is 9.64 Å². The van der Waals surface area contributed by atoms with Gasteiger partial charge in [-0.15, -0.1) is 0 Å². The maximum absolute atomic E-state index is 13.4. The molecular formula is C16H17FN2O2. The van der Waals surface area contributed by atoms with Crippen LogP contribution in [0.2, 0.25) is 0 Å². The molecule has 4 nitrogen and oxygen atoms in total. The Kier molecular flexibility index (Phi) is 4.87. The lowest BCUT2D eigenvalue weighted by Crippen LogP contribution is -2.31. The van der Waals surface area contributed by atoms with E-state index in [0.717, 1.165) is 5.69 Å². The summed E-state index contributed by atoms with van der Waals surface area (Å²) in [4.78, 5) is 17.8. The van der Waals surface area contributed by atoms with Crippen LogP contribution in [0.4, 0.5) is 4.39 Å². The molecule has 0 unspecified atom stereocenters. The van der Waals surface area contributed by atoms with Gasteiger partial charge in [0, 0.05) is 12.7 Å². The number of aryl methyl sites for hydroxylation is 1. The average molecular weight is 288 g/mol. The molecule has 0 atom stereocenters. The maximum Gasteiger partial charge on any atom is 0.272 e. The third-order valence-corrected chi connectivity index (χ3v) is 2.98. The quantitative estimate of drug-likeness (QED) is 0.849. The van der Waals surface area contributed by atoms with Gasteiger partial charge in [-0.05, 0) is 31.2 Å². The third kappa shape index (κ3) is 4.02. The fourth-order valence-corrected chi connectivity index (χ4v) is 1.81. The normalized spacial score (nSPS) is 10.2. The average Bonchev–Trinajstić information content (AvgIpc) is 2.48. The van der Waals surface area contributed by atoms with Crippen LogP contribution >= 0.6 is 0 Å². The zero-order valence-corrected chi connectivity index (χ0v) is 12.0. The van der Waals surface area contributed by atoms with E-state index in [4.69, 9.17) is 4.74 Å². The molecular weight excluding hydrogens is 271 g/mol. The van der Waals surface area contributed by atoms with E-state index in [1.807, 2.05) is 13.0 Å². The number of nitrogens with zero attached hydrogens (tertiary/aromatic N) is 2. The van der Waals surface area contributed by atoms with Crippen molar-refractivity contribution < 1.29 is 13.9 Å². The summed E-state index contributed by atoms with van der Waals surface area (Å²) in [5.41, 5.74) is 1.18. The molecule has 1 aromatic carbocycles. The van der Waals surface area contributed by atoms with Crippen molar-refractivity contribution in [1.29, 1.82) is 0 Å². The number of benzene rings is 1. The van der Waals surface area contributed by atoms with Crippen LogP contribution in [0.25, 0.3) is 0 Å². The van der Waals surface area contributed by atoms with Crippen LogP contribution in [0.3, 0.4) is 0 Å². The van der Waals surface area contributed by atoms with Crippen LogP contribution in [0, 0.1) is 12.7 Å². The zero-order valence-electron chi connectivity index (χ0n) is 12.0. The Morgan fingerprint density at radius 2 is 2.00 bits per heavy atom. The predicted molar refractivity (Wildman–Crippen MR) is 77.8 cm³/mol. The summed E-state index contributed by atoms with van der Waals surface area (Å²) in [7, 11) is 1.66. The molecule has 1 heterocycles. The Balaban J connectivity index is 1.89. The molecule has 0 saturated heterocycles. The van der Waals surface area contributed by atoms with E-state index in [1.165, 1.54) is 11.0 Å². The number of halogens is 1. The molecule has 1 aromatic heterocycles. The lowest BCUT2D eigenvalue weighted by molar-refractivity contribution is 0.0767. The summed E-state index contributed by atoms with van der Waals surface area (Å²) >= 11 is 0. The summed E-state index contributed by atoms with van der Waals surface area (Å²) in [6, 6.07) is 11.5. The van der Waals surface area contributed by atoms with Gasteiger partial charge in [0.05, 0.1) is 6.54 Å². The lowest BCUT2D eigenvalue weighted by Gasteiger charge is -2.17. The van der Waals surface area contributed by atoms with E-state index < -0.39 is 5.82 Å². The number of hydrogen-bond acceptors (Lipinski definition) is 3. The standard InChI is InChI=1S/C16H17FN2O2/c1-12-6-5-8-14(18-12)16(20)19(2)10-11-21-15-9-4-3-7-13(15)17/h3-9H,10-11H2,1-2H3. The molecule has 0 aliphatic rings. The number of ether oxygens (including phenoxy) is 1.